The molecule has 3 rings (SSSR count). The Morgan fingerprint density at radius 3 is 3.11 bits per heavy atom. The van der Waals surface area contributed by atoms with Gasteiger partial charge < -0.3 is 14.6 Å². The van der Waals surface area contributed by atoms with Crippen LogP contribution in [0.25, 0.3) is 11.3 Å². The molecule has 0 amide bonds. The summed E-state index contributed by atoms with van der Waals surface area (Å²) in [5.41, 5.74) is 2.15. The van der Waals surface area contributed by atoms with E-state index in [1.54, 1.807) is 13.2 Å². The summed E-state index contributed by atoms with van der Waals surface area (Å²) in [6, 6.07) is 5.47. The van der Waals surface area contributed by atoms with Crippen molar-refractivity contribution in [3.05, 3.63) is 29.5 Å². The van der Waals surface area contributed by atoms with Gasteiger partial charge in [0.1, 0.15) is 11.4 Å². The number of aromatic nitrogens is 2. The Labute approximate surface area is 109 Å². The van der Waals surface area contributed by atoms with Crippen LogP contribution in [0.3, 0.4) is 0 Å². The van der Waals surface area contributed by atoms with Gasteiger partial charge in [0.2, 0.25) is 0 Å². The van der Waals surface area contributed by atoms with Crippen LogP contribution < -0.4 is 9.47 Å². The molecule has 0 spiro atoms. The number of rotatable bonds is 2. The van der Waals surface area contributed by atoms with E-state index in [0.717, 1.165) is 5.56 Å². The van der Waals surface area contributed by atoms with E-state index in [0.29, 0.717) is 35.8 Å². The molecular weight excluding hydrogens is 248 g/mol. The molecule has 2 N–H and O–H groups in total. The molecule has 0 saturated carbocycles. The lowest BCUT2D eigenvalue weighted by Gasteiger charge is -2.10. The number of carboxylic acids is 1. The van der Waals surface area contributed by atoms with E-state index < -0.39 is 5.97 Å². The summed E-state index contributed by atoms with van der Waals surface area (Å²) in [4.78, 5) is 11.1. The SMILES string of the molecule is COc1cccc2c1OCCc1c-2n[nH]c1C(=O)O. The molecule has 0 bridgehead atoms. The highest BCUT2D eigenvalue weighted by atomic mass is 16.5. The number of H-pyrrole nitrogens is 1. The maximum Gasteiger partial charge on any atom is 0.354 e. The van der Waals surface area contributed by atoms with Crippen molar-refractivity contribution in [2.75, 3.05) is 13.7 Å². The molecule has 1 aromatic heterocycles. The van der Waals surface area contributed by atoms with Gasteiger partial charge >= 0.3 is 5.97 Å². The van der Waals surface area contributed by atoms with Crippen LogP contribution in [0.1, 0.15) is 16.1 Å². The summed E-state index contributed by atoms with van der Waals surface area (Å²) < 4.78 is 10.9. The lowest BCUT2D eigenvalue weighted by atomic mass is 10.0. The average molecular weight is 260 g/mol. The minimum atomic E-state index is -1.01. The quantitative estimate of drug-likeness (QED) is 0.858. The first-order valence-electron chi connectivity index (χ1n) is 5.83. The normalized spacial score (nSPS) is 12.9. The minimum absolute atomic E-state index is 0.120. The van der Waals surface area contributed by atoms with Crippen molar-refractivity contribution in [3.8, 4) is 22.8 Å². The zero-order valence-electron chi connectivity index (χ0n) is 10.3. The first-order chi connectivity index (χ1) is 9.22. The summed E-state index contributed by atoms with van der Waals surface area (Å²) >= 11 is 0. The van der Waals surface area contributed by atoms with E-state index >= 15 is 0 Å². The Bertz CT molecular complexity index is 648. The number of benzene rings is 1. The van der Waals surface area contributed by atoms with Gasteiger partial charge in [0, 0.05) is 17.5 Å². The summed E-state index contributed by atoms with van der Waals surface area (Å²) in [6.45, 7) is 0.389. The number of para-hydroxylation sites is 1. The number of fused-ring (bicyclic) bond motifs is 3. The molecule has 1 aliphatic rings. The number of nitrogens with one attached hydrogen (secondary N) is 1. The number of carbonyl (C=O) groups is 1. The molecule has 98 valence electrons. The highest BCUT2D eigenvalue weighted by molar-refractivity contribution is 5.90. The van der Waals surface area contributed by atoms with E-state index in [1.165, 1.54) is 0 Å². The van der Waals surface area contributed by atoms with Crippen LogP contribution in [0.5, 0.6) is 11.5 Å². The molecule has 19 heavy (non-hydrogen) atoms. The number of methoxy groups -OCH3 is 1. The van der Waals surface area contributed by atoms with Gasteiger partial charge in [-0.25, -0.2) is 4.79 Å². The van der Waals surface area contributed by atoms with E-state index in [1.807, 2.05) is 12.1 Å². The van der Waals surface area contributed by atoms with Crippen molar-refractivity contribution in [1.82, 2.24) is 10.2 Å². The Morgan fingerprint density at radius 1 is 1.53 bits per heavy atom. The molecule has 0 fully saturated rings. The van der Waals surface area contributed by atoms with Crippen LogP contribution in [0.2, 0.25) is 0 Å². The van der Waals surface area contributed by atoms with Gasteiger partial charge in [-0.2, -0.15) is 5.10 Å². The first kappa shape index (κ1) is 11.6. The molecule has 0 saturated heterocycles. The molecule has 6 heteroatoms. The van der Waals surface area contributed by atoms with Crippen molar-refractivity contribution in [2.45, 2.75) is 6.42 Å². The monoisotopic (exact) mass is 260 g/mol. The van der Waals surface area contributed by atoms with E-state index in [9.17, 15) is 4.79 Å². The molecule has 0 unspecified atom stereocenters. The lowest BCUT2D eigenvalue weighted by Crippen LogP contribution is -2.05. The van der Waals surface area contributed by atoms with Crippen LogP contribution in [-0.2, 0) is 6.42 Å². The number of ether oxygens (including phenoxy) is 2. The summed E-state index contributed by atoms with van der Waals surface area (Å²) in [5, 5.41) is 15.8. The summed E-state index contributed by atoms with van der Waals surface area (Å²) in [7, 11) is 1.57. The molecule has 0 radical (unpaired) electrons. The molecule has 6 nitrogen and oxygen atoms in total. The second-order valence-electron chi connectivity index (χ2n) is 4.17. The molecule has 2 aromatic rings. The van der Waals surface area contributed by atoms with Gasteiger partial charge in [0.05, 0.1) is 13.7 Å². The topological polar surface area (TPSA) is 84.4 Å². The maximum atomic E-state index is 11.1. The molecule has 2 heterocycles. The smallest absolute Gasteiger partial charge is 0.354 e. The van der Waals surface area contributed by atoms with Crippen LogP contribution in [0.15, 0.2) is 18.2 Å². The standard InChI is InChI=1S/C13H12N2O4/c1-18-9-4-2-3-8-10-7(5-6-19-12(8)9)11(13(16)17)15-14-10/h2-4H,5-6H2,1H3,(H,14,15)(H,16,17). The van der Waals surface area contributed by atoms with Crippen molar-refractivity contribution in [3.63, 3.8) is 0 Å². The second-order valence-corrected chi connectivity index (χ2v) is 4.17. The second kappa shape index (κ2) is 4.31. The van der Waals surface area contributed by atoms with E-state index in [-0.39, 0.29) is 5.69 Å². The third-order valence-corrected chi connectivity index (χ3v) is 3.13. The number of carboxylic acid groups (broad SMARTS) is 1. The van der Waals surface area contributed by atoms with Crippen LogP contribution in [-0.4, -0.2) is 35.0 Å². The highest BCUT2D eigenvalue weighted by Crippen LogP contribution is 2.41. The third-order valence-electron chi connectivity index (χ3n) is 3.13. The Balaban J connectivity index is 2.23. The minimum Gasteiger partial charge on any atom is -0.493 e. The highest BCUT2D eigenvalue weighted by Gasteiger charge is 2.25. The van der Waals surface area contributed by atoms with Gasteiger partial charge in [0.15, 0.2) is 11.5 Å². The fourth-order valence-electron chi connectivity index (χ4n) is 2.28. The number of hydrogen-bond acceptors (Lipinski definition) is 4. The van der Waals surface area contributed by atoms with Crippen LogP contribution in [0.4, 0.5) is 0 Å². The largest absolute Gasteiger partial charge is 0.493 e. The van der Waals surface area contributed by atoms with E-state index in [4.69, 9.17) is 14.6 Å². The number of aromatic amines is 1. The van der Waals surface area contributed by atoms with Gasteiger partial charge in [-0.1, -0.05) is 6.07 Å². The number of aromatic carboxylic acids is 1. The average Bonchev–Trinajstić information content (AvgIpc) is 2.74. The Hall–Kier alpha value is -2.50. The molecule has 1 aromatic carbocycles. The Morgan fingerprint density at radius 2 is 2.37 bits per heavy atom. The molecule has 0 atom stereocenters. The zero-order chi connectivity index (χ0) is 13.4. The van der Waals surface area contributed by atoms with Gasteiger partial charge in [-0.3, -0.25) is 5.10 Å². The summed E-state index contributed by atoms with van der Waals surface area (Å²) in [6.07, 6.45) is 0.491. The van der Waals surface area contributed by atoms with Crippen LogP contribution in [0, 0.1) is 0 Å². The Kier molecular flexibility index (Phi) is 2.63. The third kappa shape index (κ3) is 1.72. The lowest BCUT2D eigenvalue weighted by molar-refractivity contribution is 0.0689. The van der Waals surface area contributed by atoms with Crippen molar-refractivity contribution < 1.29 is 19.4 Å². The van der Waals surface area contributed by atoms with Crippen LogP contribution >= 0.6 is 0 Å². The predicted molar refractivity (Wildman–Crippen MR) is 66.7 cm³/mol. The maximum absolute atomic E-state index is 11.1. The van der Waals surface area contributed by atoms with Crippen molar-refractivity contribution >= 4 is 5.97 Å². The van der Waals surface area contributed by atoms with Gasteiger partial charge in [-0.05, 0) is 12.1 Å². The predicted octanol–water partition coefficient (Wildman–Crippen LogP) is 1.72. The first-order valence-corrected chi connectivity index (χ1v) is 5.83. The zero-order valence-corrected chi connectivity index (χ0v) is 10.3. The van der Waals surface area contributed by atoms with Gasteiger partial charge in [0.25, 0.3) is 0 Å². The van der Waals surface area contributed by atoms with E-state index in [2.05, 4.69) is 10.2 Å². The summed E-state index contributed by atoms with van der Waals surface area (Å²) in [5.74, 6) is 0.206. The van der Waals surface area contributed by atoms with Gasteiger partial charge in [-0.15, -0.1) is 0 Å². The van der Waals surface area contributed by atoms with Crippen molar-refractivity contribution in [2.24, 2.45) is 0 Å². The van der Waals surface area contributed by atoms with Crippen molar-refractivity contribution in [1.29, 1.82) is 0 Å². The number of nitrogens with zero attached hydrogens (tertiary/aromatic N) is 1. The fourth-order valence-corrected chi connectivity index (χ4v) is 2.28. The molecule has 1 aliphatic heterocycles. The number of hydrogen-bond donors (Lipinski definition) is 2. The molecule has 0 aliphatic carbocycles. The molecular formula is C13H12N2O4. The fraction of sp³-hybridized carbons (Fsp3) is 0.231.